The average Bonchev–Trinajstić information content (AvgIpc) is 2.36. The summed E-state index contributed by atoms with van der Waals surface area (Å²) in [6.07, 6.45) is 0.402. The standard InChI is InChI=1S/C12H15BrFNO5S/c1-20-6-2-3-10(12(16)17)15-21(18,19)11-5-4-8(13)7-9(11)14/h4-5,7,10,15H,2-3,6H2,1H3,(H,16,17). The predicted octanol–water partition coefficient (Wildman–Crippen LogP) is 1.75. The molecule has 1 aromatic carbocycles. The van der Waals surface area contributed by atoms with Crippen LogP contribution in [0.3, 0.4) is 0 Å². The first-order valence-corrected chi connectivity index (χ1v) is 8.24. The first-order chi connectivity index (χ1) is 9.77. The van der Waals surface area contributed by atoms with Crippen LogP contribution in [-0.4, -0.2) is 39.3 Å². The fourth-order valence-corrected chi connectivity index (χ4v) is 3.22. The molecule has 0 saturated heterocycles. The van der Waals surface area contributed by atoms with Crippen molar-refractivity contribution in [2.45, 2.75) is 23.8 Å². The Hall–Kier alpha value is -1.03. The molecule has 1 atom stereocenters. The Morgan fingerprint density at radius 2 is 2.19 bits per heavy atom. The zero-order valence-corrected chi connectivity index (χ0v) is 13.6. The van der Waals surface area contributed by atoms with Crippen LogP contribution in [0.5, 0.6) is 0 Å². The molecule has 0 bridgehead atoms. The lowest BCUT2D eigenvalue weighted by Crippen LogP contribution is -2.41. The van der Waals surface area contributed by atoms with Crippen LogP contribution >= 0.6 is 15.9 Å². The number of sulfonamides is 1. The van der Waals surface area contributed by atoms with Gasteiger partial charge in [0.25, 0.3) is 0 Å². The molecule has 0 amide bonds. The van der Waals surface area contributed by atoms with Crippen molar-refractivity contribution in [2.24, 2.45) is 0 Å². The highest BCUT2D eigenvalue weighted by atomic mass is 79.9. The molecule has 0 spiro atoms. The lowest BCUT2D eigenvalue weighted by molar-refractivity contribution is -0.139. The van der Waals surface area contributed by atoms with E-state index in [1.54, 1.807) is 0 Å². The first-order valence-electron chi connectivity index (χ1n) is 5.97. The molecule has 0 heterocycles. The van der Waals surface area contributed by atoms with Gasteiger partial charge in [-0.3, -0.25) is 4.79 Å². The van der Waals surface area contributed by atoms with Crippen LogP contribution in [0.2, 0.25) is 0 Å². The second-order valence-corrected chi connectivity index (χ2v) is 6.82. The van der Waals surface area contributed by atoms with Crippen LogP contribution in [-0.2, 0) is 19.6 Å². The van der Waals surface area contributed by atoms with Crippen molar-refractivity contribution >= 4 is 31.9 Å². The van der Waals surface area contributed by atoms with Crippen LogP contribution in [0.4, 0.5) is 4.39 Å². The number of carboxylic acid groups (broad SMARTS) is 1. The molecule has 0 saturated carbocycles. The molecule has 0 aromatic heterocycles. The normalized spacial score (nSPS) is 13.1. The minimum absolute atomic E-state index is 0.0422. The highest BCUT2D eigenvalue weighted by Gasteiger charge is 2.27. The van der Waals surface area contributed by atoms with Crippen LogP contribution in [0.1, 0.15) is 12.8 Å². The number of nitrogens with one attached hydrogen (secondary N) is 1. The summed E-state index contributed by atoms with van der Waals surface area (Å²) in [5.74, 6) is -2.29. The number of halogens is 2. The van der Waals surface area contributed by atoms with Gasteiger partial charge < -0.3 is 9.84 Å². The van der Waals surface area contributed by atoms with E-state index in [-0.39, 0.29) is 6.42 Å². The van der Waals surface area contributed by atoms with Crippen molar-refractivity contribution < 1.29 is 27.4 Å². The Morgan fingerprint density at radius 3 is 2.71 bits per heavy atom. The van der Waals surface area contributed by atoms with Crippen molar-refractivity contribution in [3.8, 4) is 0 Å². The lowest BCUT2D eigenvalue weighted by Gasteiger charge is -2.15. The number of carboxylic acids is 1. The summed E-state index contributed by atoms with van der Waals surface area (Å²) in [6.45, 7) is 0.304. The molecule has 0 fully saturated rings. The van der Waals surface area contributed by atoms with Crippen LogP contribution in [0, 0.1) is 5.82 Å². The van der Waals surface area contributed by atoms with Crippen molar-refractivity contribution in [1.82, 2.24) is 4.72 Å². The SMILES string of the molecule is COCCCC(NS(=O)(=O)c1ccc(Br)cc1F)C(=O)O. The number of hydrogen-bond acceptors (Lipinski definition) is 4. The van der Waals surface area contributed by atoms with Crippen molar-refractivity contribution in [1.29, 1.82) is 0 Å². The maximum atomic E-state index is 13.7. The maximum absolute atomic E-state index is 13.7. The van der Waals surface area contributed by atoms with Crippen molar-refractivity contribution in [3.05, 3.63) is 28.5 Å². The van der Waals surface area contributed by atoms with E-state index in [0.29, 0.717) is 17.5 Å². The van der Waals surface area contributed by atoms with Crippen LogP contribution in [0.15, 0.2) is 27.6 Å². The van der Waals surface area contributed by atoms with E-state index < -0.39 is 32.7 Å². The molecule has 118 valence electrons. The third-order valence-corrected chi connectivity index (χ3v) is 4.62. The molecule has 0 aliphatic heterocycles. The molecule has 9 heteroatoms. The summed E-state index contributed by atoms with van der Waals surface area (Å²) in [5.41, 5.74) is 0. The van der Waals surface area contributed by atoms with Gasteiger partial charge in [-0.2, -0.15) is 4.72 Å². The van der Waals surface area contributed by atoms with Gasteiger partial charge in [-0.05, 0) is 31.0 Å². The highest BCUT2D eigenvalue weighted by Crippen LogP contribution is 2.20. The summed E-state index contributed by atoms with van der Waals surface area (Å²) in [4.78, 5) is 10.5. The number of methoxy groups -OCH3 is 1. The summed E-state index contributed by atoms with van der Waals surface area (Å²) < 4.78 is 44.9. The zero-order valence-electron chi connectivity index (χ0n) is 11.2. The van der Waals surface area contributed by atoms with Crippen LogP contribution in [0.25, 0.3) is 0 Å². The number of ether oxygens (including phenoxy) is 1. The van der Waals surface area contributed by atoms with Gasteiger partial charge in [0.2, 0.25) is 10.0 Å². The molecule has 1 unspecified atom stereocenters. The van der Waals surface area contributed by atoms with E-state index in [2.05, 4.69) is 15.9 Å². The Morgan fingerprint density at radius 1 is 1.52 bits per heavy atom. The number of benzene rings is 1. The molecular formula is C12H15BrFNO5S. The Labute approximate surface area is 130 Å². The predicted molar refractivity (Wildman–Crippen MR) is 77.0 cm³/mol. The van der Waals surface area contributed by atoms with E-state index in [4.69, 9.17) is 9.84 Å². The molecule has 0 radical (unpaired) electrons. The summed E-state index contributed by atoms with van der Waals surface area (Å²) in [5, 5.41) is 9.03. The Balaban J connectivity index is 2.92. The minimum Gasteiger partial charge on any atom is -0.480 e. The summed E-state index contributed by atoms with van der Waals surface area (Å²) in [6, 6.07) is 2.08. The van der Waals surface area contributed by atoms with Gasteiger partial charge in [0.15, 0.2) is 0 Å². The summed E-state index contributed by atoms with van der Waals surface area (Å²) in [7, 11) is -2.80. The quantitative estimate of drug-likeness (QED) is 0.667. The lowest BCUT2D eigenvalue weighted by atomic mass is 10.2. The number of carbonyl (C=O) groups is 1. The van der Waals surface area contributed by atoms with Gasteiger partial charge in [0.05, 0.1) is 0 Å². The third-order valence-electron chi connectivity index (χ3n) is 2.62. The highest BCUT2D eigenvalue weighted by molar-refractivity contribution is 9.10. The van der Waals surface area contributed by atoms with E-state index >= 15 is 0 Å². The van der Waals surface area contributed by atoms with Gasteiger partial charge in [-0.15, -0.1) is 0 Å². The van der Waals surface area contributed by atoms with Gasteiger partial charge in [-0.1, -0.05) is 15.9 Å². The van der Waals surface area contributed by atoms with E-state index in [0.717, 1.165) is 12.1 Å². The fourth-order valence-electron chi connectivity index (χ4n) is 1.61. The van der Waals surface area contributed by atoms with Gasteiger partial charge in [0.1, 0.15) is 16.8 Å². The summed E-state index contributed by atoms with van der Waals surface area (Å²) >= 11 is 3.02. The second kappa shape index (κ2) is 7.83. The zero-order chi connectivity index (χ0) is 16.0. The molecule has 1 aromatic rings. The first kappa shape index (κ1) is 18.0. The minimum atomic E-state index is -4.26. The fraction of sp³-hybridized carbons (Fsp3) is 0.417. The molecule has 1 rings (SSSR count). The average molecular weight is 384 g/mol. The van der Waals surface area contributed by atoms with Gasteiger partial charge >= 0.3 is 5.97 Å². The topological polar surface area (TPSA) is 92.7 Å². The monoisotopic (exact) mass is 383 g/mol. The molecule has 0 aliphatic rings. The molecule has 0 aliphatic carbocycles. The van der Waals surface area contributed by atoms with E-state index in [1.165, 1.54) is 13.2 Å². The number of aliphatic carboxylic acids is 1. The van der Waals surface area contributed by atoms with Crippen molar-refractivity contribution in [3.63, 3.8) is 0 Å². The van der Waals surface area contributed by atoms with E-state index in [1.807, 2.05) is 4.72 Å². The largest absolute Gasteiger partial charge is 0.480 e. The third kappa shape index (κ3) is 5.34. The van der Waals surface area contributed by atoms with Crippen molar-refractivity contribution in [2.75, 3.05) is 13.7 Å². The van der Waals surface area contributed by atoms with Gasteiger partial charge in [0, 0.05) is 18.2 Å². The molecule has 21 heavy (non-hydrogen) atoms. The number of hydrogen-bond donors (Lipinski definition) is 2. The maximum Gasteiger partial charge on any atom is 0.321 e. The van der Waals surface area contributed by atoms with E-state index in [9.17, 15) is 17.6 Å². The Kier molecular flexibility index (Phi) is 6.72. The van der Waals surface area contributed by atoms with Crippen LogP contribution < -0.4 is 4.72 Å². The molecule has 6 nitrogen and oxygen atoms in total. The molecule has 2 N–H and O–H groups in total. The van der Waals surface area contributed by atoms with Gasteiger partial charge in [-0.25, -0.2) is 12.8 Å². The Bertz CT molecular complexity index is 608. The molecular weight excluding hydrogens is 369 g/mol. The number of rotatable bonds is 8. The second-order valence-electron chi connectivity index (χ2n) is 4.22. The smallest absolute Gasteiger partial charge is 0.321 e.